The Hall–Kier alpha value is -3.01. The topological polar surface area (TPSA) is 0 Å². The summed E-state index contributed by atoms with van der Waals surface area (Å²) >= 11 is 5.52. The van der Waals surface area contributed by atoms with Gasteiger partial charge in [-0.05, 0) is 44.0 Å². The molecular formula is C41H33ClF2FeP2Pd. The smallest absolute Gasteiger partial charge is 0.425 e. The molecule has 0 N–H and O–H groups in total. The van der Waals surface area contributed by atoms with Crippen LogP contribution in [0.1, 0.15) is 0 Å². The van der Waals surface area contributed by atoms with Gasteiger partial charge in [-0.2, -0.15) is 54.6 Å². The van der Waals surface area contributed by atoms with Gasteiger partial charge in [0.25, 0.3) is 0 Å². The minimum atomic E-state index is -1.00. The van der Waals surface area contributed by atoms with Gasteiger partial charge >= 0.3 is 37.5 Å². The summed E-state index contributed by atoms with van der Waals surface area (Å²) in [6, 6.07) is 70.5. The SMILES string of the molecule is Clc1cc[c-]cc1.F[CH-]F.[Fe+2].[Pd+2].c1ccc(P(c2ccccc2)c2ccc[cH-]2)cc1.c1ccc(P(c2ccccc2)c2ccc[cH-]2)cc1. The molecule has 7 rings (SSSR count). The molecule has 7 heteroatoms. The van der Waals surface area contributed by atoms with Crippen molar-refractivity contribution in [2.45, 2.75) is 0 Å². The molecule has 0 bridgehead atoms. The van der Waals surface area contributed by atoms with Crippen LogP contribution in [0.4, 0.5) is 8.78 Å². The average Bonchev–Trinajstić information content (AvgIpc) is 3.85. The first-order valence-corrected chi connectivity index (χ1v) is 17.6. The molecule has 0 radical (unpaired) electrons. The summed E-state index contributed by atoms with van der Waals surface area (Å²) in [6.07, 6.45) is 0. The predicted molar refractivity (Wildman–Crippen MR) is 198 cm³/mol. The minimum absolute atomic E-state index is 0. The van der Waals surface area contributed by atoms with E-state index >= 15 is 0 Å². The van der Waals surface area contributed by atoms with Gasteiger partial charge in [-0.15, -0.1) is 22.2 Å². The first kappa shape index (κ1) is 41.2. The second-order valence-electron chi connectivity index (χ2n) is 9.60. The van der Waals surface area contributed by atoms with E-state index in [0.29, 0.717) is 0 Å². The molecule has 0 atom stereocenters. The maximum atomic E-state index is 9.50. The number of hydrogen-bond acceptors (Lipinski definition) is 0. The van der Waals surface area contributed by atoms with E-state index in [2.05, 4.69) is 176 Å². The summed E-state index contributed by atoms with van der Waals surface area (Å²) in [5.41, 5.74) is 0. The standard InChI is InChI=1S/2C17H14P.C6H4Cl.CHF2.Fe.Pd/c2*1-3-9-15(10-4-1)18(17-13-7-8-14-17)16-11-5-2-6-12-16;7-6-4-2-1-3-5-6;2-1-3;;/h2*1-14H;2-5H;1H;;/q4*-1;2*+2. The largest absolute Gasteiger partial charge is 2.00 e. The molecule has 0 saturated heterocycles. The van der Waals surface area contributed by atoms with Crippen LogP contribution in [0, 0.1) is 13.0 Å². The van der Waals surface area contributed by atoms with Crippen molar-refractivity contribution in [2.75, 3.05) is 0 Å². The third-order valence-electron chi connectivity index (χ3n) is 6.54. The Kier molecular flexibility index (Phi) is 20.7. The van der Waals surface area contributed by atoms with E-state index in [1.54, 1.807) is 24.3 Å². The van der Waals surface area contributed by atoms with E-state index in [0.717, 1.165) is 5.02 Å². The van der Waals surface area contributed by atoms with Crippen molar-refractivity contribution in [3.63, 3.8) is 0 Å². The summed E-state index contributed by atoms with van der Waals surface area (Å²) in [7, 11) is -0.818. The van der Waals surface area contributed by atoms with Gasteiger partial charge < -0.3 is 8.78 Å². The number of rotatable bonds is 6. The second-order valence-corrected chi connectivity index (χ2v) is 14.5. The van der Waals surface area contributed by atoms with Crippen LogP contribution < -0.4 is 31.8 Å². The average molecular weight is 823 g/mol. The summed E-state index contributed by atoms with van der Waals surface area (Å²) in [6.45, 7) is -1.00. The van der Waals surface area contributed by atoms with Gasteiger partial charge in [-0.25, -0.2) is 24.3 Å². The Balaban J connectivity index is 0.000000253. The van der Waals surface area contributed by atoms with Crippen LogP contribution >= 0.6 is 27.4 Å². The summed E-state index contributed by atoms with van der Waals surface area (Å²) in [5, 5.41) is 9.23. The molecule has 0 aliphatic carbocycles. The third-order valence-corrected chi connectivity index (χ3v) is 11.7. The van der Waals surface area contributed by atoms with Crippen LogP contribution in [0.3, 0.4) is 0 Å². The van der Waals surface area contributed by atoms with Crippen LogP contribution in [-0.4, -0.2) is 0 Å². The molecule has 0 aliphatic heterocycles. The second kappa shape index (κ2) is 24.2. The molecule has 7 aromatic carbocycles. The quantitative estimate of drug-likeness (QED) is 0.0892. The van der Waals surface area contributed by atoms with Crippen LogP contribution in [-0.2, 0) is 37.5 Å². The van der Waals surface area contributed by atoms with Gasteiger partial charge in [0.1, 0.15) is 0 Å². The molecule has 0 aliphatic rings. The van der Waals surface area contributed by atoms with E-state index in [9.17, 15) is 8.78 Å². The zero-order valence-corrected chi connectivity index (χ0v) is 31.0. The predicted octanol–water partition coefficient (Wildman–Crippen LogP) is 9.51. The third kappa shape index (κ3) is 13.5. The molecule has 0 aromatic heterocycles. The fourth-order valence-electron chi connectivity index (χ4n) is 4.60. The van der Waals surface area contributed by atoms with Crippen molar-refractivity contribution < 1.29 is 46.3 Å². The molecule has 0 unspecified atom stereocenters. The minimum Gasteiger partial charge on any atom is -0.425 e. The molecule has 0 spiro atoms. The van der Waals surface area contributed by atoms with Crippen LogP contribution in [0.5, 0.6) is 0 Å². The molecule has 0 fully saturated rings. The van der Waals surface area contributed by atoms with Crippen LogP contribution in [0.15, 0.2) is 194 Å². The van der Waals surface area contributed by atoms with Gasteiger partial charge in [0.2, 0.25) is 0 Å². The molecule has 0 heterocycles. The van der Waals surface area contributed by atoms with E-state index in [4.69, 9.17) is 11.6 Å². The maximum Gasteiger partial charge on any atom is 2.00 e. The molecule has 0 saturated carbocycles. The van der Waals surface area contributed by atoms with Crippen molar-refractivity contribution in [3.05, 3.63) is 212 Å². The normalized spacial score (nSPS) is 9.69. The van der Waals surface area contributed by atoms with Gasteiger partial charge in [0.05, 0.1) is 0 Å². The Labute approximate surface area is 315 Å². The van der Waals surface area contributed by atoms with Crippen LogP contribution in [0.25, 0.3) is 0 Å². The van der Waals surface area contributed by atoms with E-state index in [1.807, 2.05) is 0 Å². The Morgan fingerprint density at radius 1 is 0.479 bits per heavy atom. The maximum absolute atomic E-state index is 9.50. The van der Waals surface area contributed by atoms with Gasteiger partial charge in [-0.1, -0.05) is 126 Å². The Bertz CT molecular complexity index is 1530. The summed E-state index contributed by atoms with van der Waals surface area (Å²) < 4.78 is 19.0. The van der Waals surface area contributed by atoms with E-state index in [-0.39, 0.29) is 37.5 Å². The number of hydrogen-bond donors (Lipinski definition) is 0. The van der Waals surface area contributed by atoms with Crippen molar-refractivity contribution in [1.29, 1.82) is 0 Å². The molecule has 7 aromatic rings. The first-order valence-electron chi connectivity index (χ1n) is 14.6. The zero-order valence-electron chi connectivity index (χ0n) is 25.8. The van der Waals surface area contributed by atoms with Crippen molar-refractivity contribution >= 4 is 59.3 Å². The molecule has 0 nitrogen and oxygen atoms in total. The Morgan fingerprint density at radius 2 is 0.771 bits per heavy atom. The zero-order chi connectivity index (χ0) is 32.2. The van der Waals surface area contributed by atoms with Gasteiger partial charge in [-0.3, -0.25) is 0 Å². The summed E-state index contributed by atoms with van der Waals surface area (Å²) in [5.74, 6) is 0. The van der Waals surface area contributed by atoms with E-state index in [1.165, 1.54) is 31.8 Å². The Morgan fingerprint density at radius 3 is 0.979 bits per heavy atom. The molecule has 0 amide bonds. The van der Waals surface area contributed by atoms with Gasteiger partial charge in [0.15, 0.2) is 0 Å². The van der Waals surface area contributed by atoms with Crippen molar-refractivity contribution in [3.8, 4) is 0 Å². The fourth-order valence-corrected chi connectivity index (χ4v) is 9.33. The monoisotopic (exact) mass is 822 g/mol. The molecule has 48 heavy (non-hydrogen) atoms. The number of halogens is 3. The van der Waals surface area contributed by atoms with Gasteiger partial charge in [0, 0.05) is 0 Å². The molecular weight excluding hydrogens is 790 g/mol. The van der Waals surface area contributed by atoms with Crippen molar-refractivity contribution in [1.82, 2.24) is 0 Å². The molecule has 246 valence electrons. The van der Waals surface area contributed by atoms with E-state index < -0.39 is 22.8 Å². The first-order chi connectivity index (χ1) is 22.7. The van der Waals surface area contributed by atoms with Crippen LogP contribution in [0.2, 0.25) is 5.02 Å². The fraction of sp³-hybridized carbons (Fsp3) is 0. The van der Waals surface area contributed by atoms with Crippen molar-refractivity contribution in [2.24, 2.45) is 0 Å². The number of benzene rings is 5. The summed E-state index contributed by atoms with van der Waals surface area (Å²) in [4.78, 5) is 0.